The van der Waals surface area contributed by atoms with Crippen molar-refractivity contribution in [2.24, 2.45) is 0 Å². The number of hydrogen-bond acceptors (Lipinski definition) is 3. The van der Waals surface area contributed by atoms with Crippen molar-refractivity contribution in [1.29, 1.82) is 0 Å². The number of rotatable bonds is 12. The number of nitrogens with one attached hydrogen (secondary N) is 1. The van der Waals surface area contributed by atoms with Crippen LogP contribution in [0.3, 0.4) is 0 Å². The number of hydrogen-bond donors (Lipinski definition) is 1. The lowest BCUT2D eigenvalue weighted by Gasteiger charge is -2.32. The molecule has 196 valence electrons. The van der Waals surface area contributed by atoms with Crippen LogP contribution in [0.15, 0.2) is 78.9 Å². The molecule has 0 fully saturated rings. The third-order valence-electron chi connectivity index (χ3n) is 6.45. The SMILES string of the molecule is CC[C@@H](C)NC(=O)[C@H](Cc1ccccc1)N(Cc1ccc(F)cc1)C(=O)COc1ccc(C(C)C)cc1. The Hall–Kier alpha value is -3.67. The molecule has 6 heteroatoms. The molecule has 3 aromatic rings. The molecule has 37 heavy (non-hydrogen) atoms. The predicted molar refractivity (Wildman–Crippen MR) is 145 cm³/mol. The molecule has 3 rings (SSSR count). The maximum absolute atomic E-state index is 13.6. The van der Waals surface area contributed by atoms with Crippen molar-refractivity contribution in [3.63, 3.8) is 0 Å². The molecule has 0 aliphatic heterocycles. The summed E-state index contributed by atoms with van der Waals surface area (Å²) in [5, 5.41) is 3.04. The van der Waals surface area contributed by atoms with Crippen molar-refractivity contribution in [3.05, 3.63) is 101 Å². The molecular weight excluding hydrogens is 467 g/mol. The molecule has 0 heterocycles. The zero-order valence-electron chi connectivity index (χ0n) is 22.1. The second kappa shape index (κ2) is 13.6. The van der Waals surface area contributed by atoms with Crippen LogP contribution in [-0.4, -0.2) is 35.4 Å². The molecule has 0 aliphatic carbocycles. The maximum atomic E-state index is 13.6. The number of carbonyl (C=O) groups excluding carboxylic acids is 2. The summed E-state index contributed by atoms with van der Waals surface area (Å²) >= 11 is 0. The highest BCUT2D eigenvalue weighted by Gasteiger charge is 2.31. The van der Waals surface area contributed by atoms with Crippen molar-refractivity contribution in [3.8, 4) is 5.75 Å². The van der Waals surface area contributed by atoms with E-state index in [0.29, 0.717) is 18.1 Å². The molecule has 0 aromatic heterocycles. The van der Waals surface area contributed by atoms with Gasteiger partial charge in [0.15, 0.2) is 6.61 Å². The molecule has 0 saturated carbocycles. The molecule has 0 aliphatic rings. The van der Waals surface area contributed by atoms with E-state index in [1.54, 1.807) is 17.0 Å². The zero-order chi connectivity index (χ0) is 26.8. The summed E-state index contributed by atoms with van der Waals surface area (Å²) in [6, 6.07) is 22.5. The van der Waals surface area contributed by atoms with Gasteiger partial charge in [0, 0.05) is 19.0 Å². The molecule has 1 N–H and O–H groups in total. The van der Waals surface area contributed by atoms with Gasteiger partial charge in [0.2, 0.25) is 5.91 Å². The minimum absolute atomic E-state index is 0.0377. The van der Waals surface area contributed by atoms with E-state index in [9.17, 15) is 14.0 Å². The van der Waals surface area contributed by atoms with Gasteiger partial charge in [0.25, 0.3) is 5.91 Å². The van der Waals surface area contributed by atoms with Crippen molar-refractivity contribution >= 4 is 11.8 Å². The summed E-state index contributed by atoms with van der Waals surface area (Å²) in [7, 11) is 0. The lowest BCUT2D eigenvalue weighted by atomic mass is 10.0. The van der Waals surface area contributed by atoms with Crippen LogP contribution in [0, 0.1) is 5.82 Å². The maximum Gasteiger partial charge on any atom is 0.261 e. The first-order valence-electron chi connectivity index (χ1n) is 12.9. The molecule has 0 bridgehead atoms. The van der Waals surface area contributed by atoms with E-state index < -0.39 is 6.04 Å². The number of benzene rings is 3. The Morgan fingerprint density at radius 2 is 1.54 bits per heavy atom. The van der Waals surface area contributed by atoms with Crippen LogP contribution in [-0.2, 0) is 22.6 Å². The molecular formula is C31H37FN2O3. The van der Waals surface area contributed by atoms with Gasteiger partial charge in [-0.15, -0.1) is 0 Å². The van der Waals surface area contributed by atoms with Gasteiger partial charge in [-0.05, 0) is 60.2 Å². The average Bonchev–Trinajstić information content (AvgIpc) is 2.91. The van der Waals surface area contributed by atoms with Gasteiger partial charge in [-0.3, -0.25) is 9.59 Å². The summed E-state index contributed by atoms with van der Waals surface area (Å²) in [6.07, 6.45) is 1.12. The molecule has 0 spiro atoms. The third-order valence-corrected chi connectivity index (χ3v) is 6.45. The highest BCUT2D eigenvalue weighted by Crippen LogP contribution is 2.20. The van der Waals surface area contributed by atoms with E-state index >= 15 is 0 Å². The highest BCUT2D eigenvalue weighted by molar-refractivity contribution is 5.88. The monoisotopic (exact) mass is 504 g/mol. The van der Waals surface area contributed by atoms with Gasteiger partial charge in [-0.2, -0.15) is 0 Å². The Bertz CT molecular complexity index is 1130. The third kappa shape index (κ3) is 8.45. The molecule has 5 nitrogen and oxygen atoms in total. The first kappa shape index (κ1) is 27.9. The first-order chi connectivity index (χ1) is 17.8. The Morgan fingerprint density at radius 3 is 2.14 bits per heavy atom. The van der Waals surface area contributed by atoms with E-state index in [1.165, 1.54) is 17.7 Å². The number of halogens is 1. The Morgan fingerprint density at radius 1 is 0.892 bits per heavy atom. The fraction of sp³-hybridized carbons (Fsp3) is 0.355. The molecule has 2 amide bonds. The van der Waals surface area contributed by atoms with Gasteiger partial charge in [-0.25, -0.2) is 4.39 Å². The summed E-state index contributed by atoms with van der Waals surface area (Å²) in [4.78, 5) is 28.6. The van der Waals surface area contributed by atoms with Crippen molar-refractivity contribution in [2.45, 2.75) is 65.1 Å². The minimum atomic E-state index is -0.763. The molecule has 0 unspecified atom stereocenters. The lowest BCUT2D eigenvalue weighted by Crippen LogP contribution is -2.53. The largest absolute Gasteiger partial charge is 0.484 e. The van der Waals surface area contributed by atoms with Gasteiger partial charge in [-0.1, -0.05) is 75.4 Å². The van der Waals surface area contributed by atoms with Crippen LogP contribution in [0.25, 0.3) is 0 Å². The van der Waals surface area contributed by atoms with Gasteiger partial charge in [0.05, 0.1) is 0 Å². The number of ether oxygens (including phenoxy) is 1. The Labute approximate surface area is 219 Å². The minimum Gasteiger partial charge on any atom is -0.484 e. The average molecular weight is 505 g/mol. The van der Waals surface area contributed by atoms with E-state index in [-0.39, 0.29) is 36.8 Å². The normalized spacial score (nSPS) is 12.6. The second-order valence-electron chi connectivity index (χ2n) is 9.68. The quantitative estimate of drug-likeness (QED) is 0.335. The second-order valence-corrected chi connectivity index (χ2v) is 9.68. The molecule has 3 aromatic carbocycles. The van der Waals surface area contributed by atoms with Crippen molar-refractivity contribution in [1.82, 2.24) is 10.2 Å². The van der Waals surface area contributed by atoms with Crippen molar-refractivity contribution in [2.75, 3.05) is 6.61 Å². The predicted octanol–water partition coefficient (Wildman–Crippen LogP) is 5.88. The fourth-order valence-corrected chi connectivity index (χ4v) is 3.96. The smallest absolute Gasteiger partial charge is 0.261 e. The van der Waals surface area contributed by atoms with Crippen LogP contribution < -0.4 is 10.1 Å². The molecule has 2 atom stereocenters. The zero-order valence-corrected chi connectivity index (χ0v) is 22.1. The Kier molecular flexibility index (Phi) is 10.2. The number of amides is 2. The topological polar surface area (TPSA) is 58.6 Å². The summed E-state index contributed by atoms with van der Waals surface area (Å²) in [5.74, 6) is 0.0744. The van der Waals surface area contributed by atoms with Crippen LogP contribution in [0.4, 0.5) is 4.39 Å². The van der Waals surface area contributed by atoms with E-state index in [1.807, 2.05) is 68.4 Å². The fourth-order valence-electron chi connectivity index (χ4n) is 3.96. The van der Waals surface area contributed by atoms with Gasteiger partial charge < -0.3 is 15.0 Å². The van der Waals surface area contributed by atoms with Gasteiger partial charge >= 0.3 is 0 Å². The summed E-state index contributed by atoms with van der Waals surface area (Å²) in [5.41, 5.74) is 2.85. The van der Waals surface area contributed by atoms with Crippen LogP contribution in [0.5, 0.6) is 5.75 Å². The van der Waals surface area contributed by atoms with E-state index in [4.69, 9.17) is 4.74 Å². The number of carbonyl (C=O) groups is 2. The van der Waals surface area contributed by atoms with Crippen LogP contribution in [0.1, 0.15) is 56.7 Å². The number of nitrogens with zero attached hydrogens (tertiary/aromatic N) is 1. The summed E-state index contributed by atoms with van der Waals surface area (Å²) in [6.45, 7) is 8.10. The standard InChI is InChI=1S/C31H37FN2O3/c1-5-23(4)33-31(36)29(19-24-9-7-6-8-10-24)34(20-25-11-15-27(32)16-12-25)30(35)21-37-28-17-13-26(14-18-28)22(2)3/h6-18,22-23,29H,5,19-21H2,1-4H3,(H,33,36)/t23-,29+/m1/s1. The van der Waals surface area contributed by atoms with Gasteiger partial charge in [0.1, 0.15) is 17.6 Å². The lowest BCUT2D eigenvalue weighted by molar-refractivity contribution is -0.143. The van der Waals surface area contributed by atoms with E-state index in [2.05, 4.69) is 19.2 Å². The van der Waals surface area contributed by atoms with Crippen molar-refractivity contribution < 1.29 is 18.7 Å². The Balaban J connectivity index is 1.88. The molecule has 0 radical (unpaired) electrons. The summed E-state index contributed by atoms with van der Waals surface area (Å²) < 4.78 is 19.4. The highest BCUT2D eigenvalue weighted by atomic mass is 19.1. The van der Waals surface area contributed by atoms with Crippen LogP contribution in [0.2, 0.25) is 0 Å². The van der Waals surface area contributed by atoms with E-state index in [0.717, 1.165) is 17.5 Å². The van der Waals surface area contributed by atoms with Crippen LogP contribution >= 0.6 is 0 Å². The molecule has 0 saturated heterocycles. The first-order valence-corrected chi connectivity index (χ1v) is 12.9.